The van der Waals surface area contributed by atoms with E-state index in [-0.39, 0.29) is 22.2 Å². The lowest BCUT2D eigenvalue weighted by molar-refractivity contribution is 0.0917. The molecule has 27 heavy (non-hydrogen) atoms. The van der Waals surface area contributed by atoms with Gasteiger partial charge in [-0.25, -0.2) is 4.39 Å². The standard InChI is InChI=1S/C20H18FN3O2S/c1-2-13-7-9-14(10-8-13)22-20(27)24-23-19(25)18-12-11-17(26-18)15-5-3-4-6-16(15)21/h3-12H,2H2,1H3,(H,23,25)(H2,22,24,27). The van der Waals surface area contributed by atoms with Gasteiger partial charge in [-0.2, -0.15) is 0 Å². The molecule has 0 aliphatic rings. The third kappa shape index (κ3) is 4.71. The van der Waals surface area contributed by atoms with E-state index >= 15 is 0 Å². The van der Waals surface area contributed by atoms with Crippen LogP contribution in [0, 0.1) is 5.82 Å². The SMILES string of the molecule is CCc1ccc(NC(=S)NNC(=O)c2ccc(-c3ccccc3F)o2)cc1. The number of carbonyl (C=O) groups excluding carboxylic acids is 1. The first-order valence-corrected chi connectivity index (χ1v) is 8.78. The lowest BCUT2D eigenvalue weighted by Crippen LogP contribution is -2.43. The number of furan rings is 1. The number of benzene rings is 2. The Kier molecular flexibility index (Phi) is 5.83. The molecule has 1 heterocycles. The minimum Gasteiger partial charge on any atom is -0.451 e. The number of hydrazine groups is 1. The number of halogens is 1. The molecule has 3 aromatic rings. The van der Waals surface area contributed by atoms with Gasteiger partial charge in [0, 0.05) is 5.69 Å². The fourth-order valence-electron chi connectivity index (χ4n) is 2.43. The number of aryl methyl sites for hydroxylation is 1. The third-order valence-electron chi connectivity index (χ3n) is 3.88. The van der Waals surface area contributed by atoms with Crippen molar-refractivity contribution in [3.8, 4) is 11.3 Å². The Morgan fingerprint density at radius 3 is 2.48 bits per heavy atom. The Morgan fingerprint density at radius 1 is 1.04 bits per heavy atom. The van der Waals surface area contributed by atoms with Gasteiger partial charge in [-0.3, -0.25) is 15.6 Å². The molecule has 0 fully saturated rings. The van der Waals surface area contributed by atoms with E-state index in [4.69, 9.17) is 16.6 Å². The zero-order valence-electron chi connectivity index (χ0n) is 14.6. The van der Waals surface area contributed by atoms with E-state index in [1.807, 2.05) is 24.3 Å². The summed E-state index contributed by atoms with van der Waals surface area (Å²) in [6.07, 6.45) is 0.955. The van der Waals surface area contributed by atoms with Crippen molar-refractivity contribution in [2.24, 2.45) is 0 Å². The molecule has 3 rings (SSSR count). The van der Waals surface area contributed by atoms with Crippen LogP contribution in [0.25, 0.3) is 11.3 Å². The van der Waals surface area contributed by atoms with Gasteiger partial charge in [-0.1, -0.05) is 31.2 Å². The van der Waals surface area contributed by atoms with Crippen LogP contribution in [-0.2, 0) is 6.42 Å². The van der Waals surface area contributed by atoms with Gasteiger partial charge in [0.2, 0.25) is 0 Å². The van der Waals surface area contributed by atoms with Gasteiger partial charge in [0.1, 0.15) is 11.6 Å². The van der Waals surface area contributed by atoms with E-state index in [9.17, 15) is 9.18 Å². The molecule has 0 unspecified atom stereocenters. The van der Waals surface area contributed by atoms with Gasteiger partial charge in [0.15, 0.2) is 10.9 Å². The predicted molar refractivity (Wildman–Crippen MR) is 107 cm³/mol. The van der Waals surface area contributed by atoms with Crippen LogP contribution in [0.15, 0.2) is 65.1 Å². The molecule has 1 aromatic heterocycles. The van der Waals surface area contributed by atoms with E-state index < -0.39 is 11.7 Å². The van der Waals surface area contributed by atoms with Crippen molar-refractivity contribution in [2.75, 3.05) is 5.32 Å². The lowest BCUT2D eigenvalue weighted by Gasteiger charge is -2.11. The Bertz CT molecular complexity index is 954. The van der Waals surface area contributed by atoms with Crippen molar-refractivity contribution in [1.29, 1.82) is 0 Å². The second-order valence-electron chi connectivity index (χ2n) is 5.73. The van der Waals surface area contributed by atoms with Gasteiger partial charge in [0.05, 0.1) is 5.56 Å². The van der Waals surface area contributed by atoms with Crippen LogP contribution < -0.4 is 16.2 Å². The molecule has 0 radical (unpaired) electrons. The largest absolute Gasteiger partial charge is 0.451 e. The maximum absolute atomic E-state index is 13.8. The fraction of sp³-hybridized carbons (Fsp3) is 0.100. The normalized spacial score (nSPS) is 10.3. The van der Waals surface area contributed by atoms with Crippen molar-refractivity contribution in [1.82, 2.24) is 10.9 Å². The molecular formula is C20H18FN3O2S. The quantitative estimate of drug-likeness (QED) is 0.464. The molecule has 0 saturated carbocycles. The molecule has 1 amide bonds. The zero-order chi connectivity index (χ0) is 19.2. The van der Waals surface area contributed by atoms with Crippen LogP contribution in [0.2, 0.25) is 0 Å². The van der Waals surface area contributed by atoms with Crippen LogP contribution in [0.5, 0.6) is 0 Å². The lowest BCUT2D eigenvalue weighted by atomic mass is 10.1. The van der Waals surface area contributed by atoms with Gasteiger partial charge < -0.3 is 9.73 Å². The highest BCUT2D eigenvalue weighted by atomic mass is 32.1. The summed E-state index contributed by atoms with van der Waals surface area (Å²) in [4.78, 5) is 12.2. The molecule has 5 nitrogen and oxygen atoms in total. The van der Waals surface area contributed by atoms with Crippen LogP contribution in [0.3, 0.4) is 0 Å². The zero-order valence-corrected chi connectivity index (χ0v) is 15.4. The monoisotopic (exact) mass is 383 g/mol. The fourth-order valence-corrected chi connectivity index (χ4v) is 2.60. The molecule has 0 atom stereocenters. The number of thiocarbonyl (C=S) groups is 1. The number of amides is 1. The molecule has 0 aliphatic heterocycles. The number of anilines is 1. The molecule has 3 N–H and O–H groups in total. The molecular weight excluding hydrogens is 365 g/mol. The van der Waals surface area contributed by atoms with E-state index in [0.29, 0.717) is 0 Å². The van der Waals surface area contributed by atoms with E-state index in [1.165, 1.54) is 17.7 Å². The summed E-state index contributed by atoms with van der Waals surface area (Å²) < 4.78 is 19.2. The maximum Gasteiger partial charge on any atom is 0.305 e. The van der Waals surface area contributed by atoms with Gasteiger partial charge in [-0.05, 0) is 60.6 Å². The molecule has 0 bridgehead atoms. The maximum atomic E-state index is 13.8. The van der Waals surface area contributed by atoms with Crippen molar-refractivity contribution in [3.63, 3.8) is 0 Å². The summed E-state index contributed by atoms with van der Waals surface area (Å²) in [7, 11) is 0. The number of hydrogen-bond donors (Lipinski definition) is 3. The Balaban J connectivity index is 1.56. The van der Waals surface area contributed by atoms with Crippen molar-refractivity contribution in [3.05, 3.63) is 77.8 Å². The molecule has 0 saturated heterocycles. The summed E-state index contributed by atoms with van der Waals surface area (Å²) in [5.41, 5.74) is 7.36. The predicted octanol–water partition coefficient (Wildman–Crippen LogP) is 4.28. The van der Waals surface area contributed by atoms with Gasteiger partial charge >= 0.3 is 5.91 Å². The molecule has 0 spiro atoms. The van der Waals surface area contributed by atoms with E-state index in [2.05, 4.69) is 23.1 Å². The summed E-state index contributed by atoms with van der Waals surface area (Å²) in [6.45, 7) is 2.08. The van der Waals surface area contributed by atoms with E-state index in [0.717, 1.165) is 12.1 Å². The number of carbonyl (C=O) groups is 1. The highest BCUT2D eigenvalue weighted by molar-refractivity contribution is 7.80. The summed E-state index contributed by atoms with van der Waals surface area (Å²) in [6, 6.07) is 17.0. The average Bonchev–Trinajstić information content (AvgIpc) is 3.17. The van der Waals surface area contributed by atoms with Crippen LogP contribution in [-0.4, -0.2) is 11.0 Å². The number of hydrogen-bond acceptors (Lipinski definition) is 3. The molecule has 138 valence electrons. The Morgan fingerprint density at radius 2 is 1.78 bits per heavy atom. The molecule has 7 heteroatoms. The summed E-state index contributed by atoms with van der Waals surface area (Å²) in [5.74, 6) is -0.634. The second kappa shape index (κ2) is 8.46. The van der Waals surface area contributed by atoms with E-state index in [1.54, 1.807) is 24.3 Å². The third-order valence-corrected chi connectivity index (χ3v) is 4.08. The smallest absolute Gasteiger partial charge is 0.305 e. The number of rotatable bonds is 4. The van der Waals surface area contributed by atoms with Gasteiger partial charge in [-0.15, -0.1) is 0 Å². The topological polar surface area (TPSA) is 66.3 Å². The van der Waals surface area contributed by atoms with Crippen LogP contribution in [0.4, 0.5) is 10.1 Å². The number of nitrogens with one attached hydrogen (secondary N) is 3. The Labute approximate surface area is 161 Å². The second-order valence-corrected chi connectivity index (χ2v) is 6.14. The minimum atomic E-state index is -0.525. The van der Waals surface area contributed by atoms with Crippen LogP contribution >= 0.6 is 12.2 Å². The average molecular weight is 383 g/mol. The first-order chi connectivity index (χ1) is 13.1. The van der Waals surface area contributed by atoms with Gasteiger partial charge in [0.25, 0.3) is 0 Å². The minimum absolute atomic E-state index is 0.0378. The molecule has 2 aromatic carbocycles. The highest BCUT2D eigenvalue weighted by Gasteiger charge is 2.14. The summed E-state index contributed by atoms with van der Waals surface area (Å²) >= 11 is 5.15. The summed E-state index contributed by atoms with van der Waals surface area (Å²) in [5, 5.41) is 3.19. The first-order valence-electron chi connectivity index (χ1n) is 8.38. The van der Waals surface area contributed by atoms with Crippen LogP contribution in [0.1, 0.15) is 23.0 Å². The first kappa shape index (κ1) is 18.6. The van der Waals surface area contributed by atoms with Crippen molar-refractivity contribution in [2.45, 2.75) is 13.3 Å². The Hall–Kier alpha value is -3.19. The highest BCUT2D eigenvalue weighted by Crippen LogP contribution is 2.24. The van der Waals surface area contributed by atoms with Crippen molar-refractivity contribution >= 4 is 28.9 Å². The van der Waals surface area contributed by atoms with Crippen molar-refractivity contribution < 1.29 is 13.6 Å². The molecule has 0 aliphatic carbocycles.